The molecule has 0 aliphatic carbocycles. The Balaban J connectivity index is 2.27. The van der Waals surface area contributed by atoms with Gasteiger partial charge in [-0.15, -0.1) is 0 Å². The van der Waals surface area contributed by atoms with Crippen LogP contribution < -0.4 is 16.3 Å². The third-order valence-corrected chi connectivity index (χ3v) is 2.84. The minimum atomic E-state index is -0.287. The molecule has 2 aromatic heterocycles. The zero-order valence-corrected chi connectivity index (χ0v) is 11.3. The summed E-state index contributed by atoms with van der Waals surface area (Å²) in [4.78, 5) is 17.8. The fourth-order valence-electron chi connectivity index (χ4n) is 1.99. The molecule has 2 rings (SSSR count). The number of nitrogens with one attached hydrogen (secondary N) is 1. The highest BCUT2D eigenvalue weighted by atomic mass is 16.5. The second-order valence-electron chi connectivity index (χ2n) is 4.48. The summed E-state index contributed by atoms with van der Waals surface area (Å²) in [5.74, 6) is 1.30. The molecule has 0 saturated heterocycles. The largest absolute Gasteiger partial charge is 0.383 e. The summed E-state index contributed by atoms with van der Waals surface area (Å²) in [6, 6.07) is 1.64. The summed E-state index contributed by atoms with van der Waals surface area (Å²) in [5, 5.41) is 6.34. The van der Waals surface area contributed by atoms with Gasteiger partial charge in [-0.05, 0) is 6.92 Å². The lowest BCUT2D eigenvalue weighted by Crippen LogP contribution is -2.38. The number of H-pyrrole nitrogens is 1. The van der Waals surface area contributed by atoms with Gasteiger partial charge < -0.3 is 15.4 Å². The third-order valence-electron chi connectivity index (χ3n) is 2.84. The van der Waals surface area contributed by atoms with Crippen molar-refractivity contribution in [1.82, 2.24) is 19.6 Å². The van der Waals surface area contributed by atoms with Gasteiger partial charge in [0.2, 0.25) is 0 Å². The first-order valence-electron chi connectivity index (χ1n) is 5.93. The number of nitrogens with two attached hydrogens (primary N) is 1. The molecule has 0 fully saturated rings. The van der Waals surface area contributed by atoms with Crippen LogP contribution in [0.5, 0.6) is 0 Å². The van der Waals surface area contributed by atoms with Crippen molar-refractivity contribution in [3.05, 3.63) is 22.4 Å². The topological polar surface area (TPSA) is 102 Å². The number of nitrogens with zero attached hydrogens (tertiary/aromatic N) is 4. The molecule has 0 aliphatic rings. The maximum absolute atomic E-state index is 11.5. The van der Waals surface area contributed by atoms with Gasteiger partial charge in [-0.3, -0.25) is 0 Å². The lowest BCUT2D eigenvalue weighted by atomic mass is 10.3. The smallest absolute Gasteiger partial charge is 0.349 e. The molecule has 2 aromatic rings. The van der Waals surface area contributed by atoms with E-state index in [2.05, 4.69) is 15.2 Å². The number of methoxy groups -OCH3 is 1. The number of hydrogen-bond donors (Lipinski definition) is 2. The molecule has 8 nitrogen and oxygen atoms in total. The average Bonchev–Trinajstić information content (AvgIpc) is 2.71. The van der Waals surface area contributed by atoms with Crippen molar-refractivity contribution in [2.75, 3.05) is 32.2 Å². The van der Waals surface area contributed by atoms with Crippen LogP contribution in [-0.2, 0) is 4.74 Å². The summed E-state index contributed by atoms with van der Waals surface area (Å²) >= 11 is 0. The fourth-order valence-corrected chi connectivity index (χ4v) is 1.99. The molecule has 0 radical (unpaired) electrons. The molecule has 8 heteroatoms. The van der Waals surface area contributed by atoms with Gasteiger partial charge in [-0.1, -0.05) is 0 Å². The Morgan fingerprint density at radius 2 is 2.37 bits per heavy atom. The number of ether oxygens (including phenoxy) is 1. The van der Waals surface area contributed by atoms with Crippen molar-refractivity contribution in [2.24, 2.45) is 5.73 Å². The molecule has 104 valence electrons. The van der Waals surface area contributed by atoms with Gasteiger partial charge in [-0.2, -0.15) is 5.10 Å². The van der Waals surface area contributed by atoms with Crippen molar-refractivity contribution in [2.45, 2.75) is 13.0 Å². The molecule has 3 N–H and O–H groups in total. The second kappa shape index (κ2) is 5.37. The Hall–Kier alpha value is -1.93. The Morgan fingerprint density at radius 1 is 1.63 bits per heavy atom. The van der Waals surface area contributed by atoms with Crippen LogP contribution >= 0.6 is 0 Å². The lowest BCUT2D eigenvalue weighted by molar-refractivity contribution is 0.181. The standard InChI is InChI=1S/C11H18N6O2/c1-7-13-9(16(2)5-8(12)6-19-3)4-10-14-15-11(18)17(7)10/h4,8H,5-6,12H2,1-3H3,(H,15,18). The van der Waals surface area contributed by atoms with Gasteiger partial charge in [0, 0.05) is 32.8 Å². The molecular weight excluding hydrogens is 248 g/mol. The van der Waals surface area contributed by atoms with E-state index in [-0.39, 0.29) is 11.7 Å². The minimum Gasteiger partial charge on any atom is -0.383 e. The van der Waals surface area contributed by atoms with Crippen molar-refractivity contribution in [1.29, 1.82) is 0 Å². The molecule has 2 heterocycles. The Bertz CT molecular complexity index is 619. The van der Waals surface area contributed by atoms with Crippen LogP contribution in [0.2, 0.25) is 0 Å². The van der Waals surface area contributed by atoms with Crippen LogP contribution in [0, 0.1) is 6.92 Å². The van der Waals surface area contributed by atoms with Crippen LogP contribution in [-0.4, -0.2) is 52.9 Å². The van der Waals surface area contributed by atoms with Gasteiger partial charge in [0.1, 0.15) is 11.6 Å². The molecule has 0 aliphatic heterocycles. The van der Waals surface area contributed by atoms with Crippen molar-refractivity contribution in [3.63, 3.8) is 0 Å². The Morgan fingerprint density at radius 3 is 3.05 bits per heavy atom. The van der Waals surface area contributed by atoms with E-state index in [4.69, 9.17) is 10.5 Å². The summed E-state index contributed by atoms with van der Waals surface area (Å²) in [7, 11) is 3.50. The molecule has 1 atom stereocenters. The molecule has 19 heavy (non-hydrogen) atoms. The average molecular weight is 266 g/mol. The van der Waals surface area contributed by atoms with E-state index < -0.39 is 0 Å². The van der Waals surface area contributed by atoms with Crippen LogP contribution in [0.4, 0.5) is 5.82 Å². The molecule has 0 amide bonds. The van der Waals surface area contributed by atoms with E-state index in [1.165, 1.54) is 4.40 Å². The zero-order chi connectivity index (χ0) is 14.0. The van der Waals surface area contributed by atoms with Gasteiger partial charge in [0.05, 0.1) is 6.61 Å². The molecule has 1 unspecified atom stereocenters. The fraction of sp³-hybridized carbons (Fsp3) is 0.545. The molecule has 0 bridgehead atoms. The first kappa shape index (κ1) is 13.5. The number of aromatic amines is 1. The van der Waals surface area contributed by atoms with E-state index in [0.717, 1.165) is 5.82 Å². The van der Waals surface area contributed by atoms with E-state index in [1.807, 2.05) is 11.9 Å². The molecule has 0 spiro atoms. The van der Waals surface area contributed by atoms with Crippen LogP contribution in [0.25, 0.3) is 5.65 Å². The van der Waals surface area contributed by atoms with Gasteiger partial charge in [0.25, 0.3) is 0 Å². The molecular formula is C11H18N6O2. The Kier molecular flexibility index (Phi) is 3.82. The van der Waals surface area contributed by atoms with Crippen molar-refractivity contribution >= 4 is 11.5 Å². The normalized spacial score (nSPS) is 12.8. The SMILES string of the molecule is COCC(N)CN(C)c1cc2n[nH]c(=O)n2c(C)n1. The number of likely N-dealkylation sites (N-methyl/N-ethyl adjacent to an activating group) is 1. The van der Waals surface area contributed by atoms with E-state index in [9.17, 15) is 4.79 Å². The summed E-state index contributed by atoms with van der Waals surface area (Å²) < 4.78 is 6.43. The van der Waals surface area contributed by atoms with E-state index >= 15 is 0 Å². The summed E-state index contributed by atoms with van der Waals surface area (Å²) in [6.45, 7) is 2.84. The summed E-state index contributed by atoms with van der Waals surface area (Å²) in [6.07, 6.45) is 0. The Labute approximate surface area is 110 Å². The van der Waals surface area contributed by atoms with Gasteiger partial charge in [-0.25, -0.2) is 19.3 Å². The van der Waals surface area contributed by atoms with Crippen LogP contribution in [0.3, 0.4) is 0 Å². The predicted octanol–water partition coefficient (Wildman–Crippen LogP) is -0.864. The second-order valence-corrected chi connectivity index (χ2v) is 4.48. The first-order valence-corrected chi connectivity index (χ1v) is 5.93. The number of fused-ring (bicyclic) bond motifs is 1. The zero-order valence-electron chi connectivity index (χ0n) is 11.3. The number of aromatic nitrogens is 4. The number of aryl methyl sites for hydroxylation is 1. The highest BCUT2D eigenvalue weighted by Crippen LogP contribution is 2.12. The highest BCUT2D eigenvalue weighted by molar-refractivity contribution is 5.51. The quantitative estimate of drug-likeness (QED) is 0.730. The molecule has 0 saturated carbocycles. The lowest BCUT2D eigenvalue weighted by Gasteiger charge is -2.22. The maximum atomic E-state index is 11.5. The predicted molar refractivity (Wildman–Crippen MR) is 71.5 cm³/mol. The third kappa shape index (κ3) is 2.74. The van der Waals surface area contributed by atoms with Crippen molar-refractivity contribution < 1.29 is 4.74 Å². The highest BCUT2D eigenvalue weighted by Gasteiger charge is 2.12. The van der Waals surface area contributed by atoms with Crippen molar-refractivity contribution in [3.8, 4) is 0 Å². The maximum Gasteiger partial charge on any atom is 0.349 e. The number of rotatable bonds is 5. The van der Waals surface area contributed by atoms with Gasteiger partial charge >= 0.3 is 5.69 Å². The number of anilines is 1. The number of hydrogen-bond acceptors (Lipinski definition) is 6. The van der Waals surface area contributed by atoms with E-state index in [0.29, 0.717) is 24.6 Å². The summed E-state index contributed by atoms with van der Waals surface area (Å²) in [5.41, 5.74) is 6.16. The van der Waals surface area contributed by atoms with Gasteiger partial charge in [0.15, 0.2) is 5.65 Å². The van der Waals surface area contributed by atoms with Crippen LogP contribution in [0.15, 0.2) is 10.9 Å². The molecule has 0 aromatic carbocycles. The van der Waals surface area contributed by atoms with E-state index in [1.54, 1.807) is 20.1 Å². The van der Waals surface area contributed by atoms with Crippen LogP contribution in [0.1, 0.15) is 5.82 Å². The first-order chi connectivity index (χ1) is 9.02. The minimum absolute atomic E-state index is 0.102. The monoisotopic (exact) mass is 266 g/mol.